The number of halogens is 1. The van der Waals surface area contributed by atoms with Crippen LogP contribution in [0.5, 0.6) is 0 Å². The van der Waals surface area contributed by atoms with Gasteiger partial charge in [-0.05, 0) is 48.8 Å². The molecule has 0 bridgehead atoms. The van der Waals surface area contributed by atoms with Crippen molar-refractivity contribution in [2.24, 2.45) is 0 Å². The molecule has 0 aliphatic carbocycles. The van der Waals surface area contributed by atoms with Crippen molar-refractivity contribution < 1.29 is 0 Å². The van der Waals surface area contributed by atoms with Gasteiger partial charge >= 0.3 is 0 Å². The number of piperazine rings is 1. The minimum Gasteiger partial charge on any atom is -0.353 e. The van der Waals surface area contributed by atoms with Crippen LogP contribution in [0.25, 0.3) is 21.1 Å². The monoisotopic (exact) mass is 413 g/mol. The average Bonchev–Trinajstić information content (AvgIpc) is 3.33. The molecule has 2 aromatic heterocycles. The zero-order chi connectivity index (χ0) is 18.1. The lowest BCUT2D eigenvalue weighted by Crippen LogP contribution is -2.46. The van der Waals surface area contributed by atoms with Crippen LogP contribution in [-0.2, 0) is 6.54 Å². The minimum absolute atomic E-state index is 0. The SMILES string of the molecule is Cl.c1ccc2c(c1)ncn2CCCN1CCN(c2nsc3ccccc23)CC1. The fourth-order valence-corrected chi connectivity index (χ4v) is 4.73. The number of anilines is 1. The van der Waals surface area contributed by atoms with E-state index in [0.717, 1.165) is 51.2 Å². The normalized spacial score (nSPS) is 15.2. The summed E-state index contributed by atoms with van der Waals surface area (Å²) in [5.41, 5.74) is 2.32. The number of fused-ring (bicyclic) bond motifs is 2. The van der Waals surface area contributed by atoms with Gasteiger partial charge < -0.3 is 9.47 Å². The summed E-state index contributed by atoms with van der Waals surface area (Å²) in [5, 5.41) is 1.29. The highest BCUT2D eigenvalue weighted by Gasteiger charge is 2.20. The lowest BCUT2D eigenvalue weighted by Gasteiger charge is -2.35. The van der Waals surface area contributed by atoms with Crippen molar-refractivity contribution in [3.63, 3.8) is 0 Å². The quantitative estimate of drug-likeness (QED) is 0.489. The maximum absolute atomic E-state index is 4.71. The average molecular weight is 414 g/mol. The van der Waals surface area contributed by atoms with Crippen molar-refractivity contribution in [1.29, 1.82) is 0 Å². The summed E-state index contributed by atoms with van der Waals surface area (Å²) in [5.74, 6) is 1.17. The highest BCUT2D eigenvalue weighted by Crippen LogP contribution is 2.29. The first-order chi connectivity index (χ1) is 13.4. The van der Waals surface area contributed by atoms with Gasteiger partial charge in [-0.1, -0.05) is 24.3 Å². The Morgan fingerprint density at radius 1 is 0.893 bits per heavy atom. The fraction of sp³-hybridized carbons (Fsp3) is 0.333. The number of rotatable bonds is 5. The molecule has 0 amide bonds. The van der Waals surface area contributed by atoms with E-state index in [2.05, 4.69) is 61.8 Å². The molecule has 0 saturated carbocycles. The van der Waals surface area contributed by atoms with E-state index < -0.39 is 0 Å². The zero-order valence-corrected chi connectivity index (χ0v) is 17.3. The summed E-state index contributed by atoms with van der Waals surface area (Å²) < 4.78 is 8.26. The summed E-state index contributed by atoms with van der Waals surface area (Å²) in [6, 6.07) is 16.9. The fourth-order valence-electron chi connectivity index (χ4n) is 3.94. The van der Waals surface area contributed by atoms with Crippen LogP contribution in [-0.4, -0.2) is 51.5 Å². The first-order valence-electron chi connectivity index (χ1n) is 9.60. The molecule has 1 aliphatic heterocycles. The number of aromatic nitrogens is 3. The Kier molecular flexibility index (Phi) is 5.80. The van der Waals surface area contributed by atoms with Crippen LogP contribution in [0.1, 0.15) is 6.42 Å². The first kappa shape index (κ1) is 19.2. The highest BCUT2D eigenvalue weighted by atomic mass is 35.5. The molecule has 0 unspecified atom stereocenters. The number of aryl methyl sites for hydroxylation is 1. The Morgan fingerprint density at radius 2 is 1.68 bits per heavy atom. The smallest absolute Gasteiger partial charge is 0.150 e. The Labute approximate surface area is 175 Å². The van der Waals surface area contributed by atoms with Gasteiger partial charge in [0, 0.05) is 38.1 Å². The van der Waals surface area contributed by atoms with Crippen molar-refractivity contribution >= 4 is 50.9 Å². The van der Waals surface area contributed by atoms with Crippen molar-refractivity contribution in [2.45, 2.75) is 13.0 Å². The van der Waals surface area contributed by atoms with Gasteiger partial charge in [0.1, 0.15) is 5.82 Å². The van der Waals surface area contributed by atoms with Crippen LogP contribution in [0.3, 0.4) is 0 Å². The van der Waals surface area contributed by atoms with Gasteiger partial charge in [0.05, 0.1) is 22.1 Å². The van der Waals surface area contributed by atoms with Gasteiger partial charge in [0.25, 0.3) is 0 Å². The number of imidazole rings is 1. The van der Waals surface area contributed by atoms with Gasteiger partial charge in [-0.15, -0.1) is 12.4 Å². The second-order valence-electron chi connectivity index (χ2n) is 7.11. The van der Waals surface area contributed by atoms with Gasteiger partial charge in [-0.25, -0.2) is 4.98 Å². The maximum atomic E-state index is 4.71. The van der Waals surface area contributed by atoms with Gasteiger partial charge in [-0.3, -0.25) is 4.90 Å². The molecule has 7 heteroatoms. The van der Waals surface area contributed by atoms with E-state index in [1.54, 1.807) is 11.5 Å². The van der Waals surface area contributed by atoms with E-state index in [1.807, 2.05) is 12.4 Å². The molecule has 1 aliphatic rings. The number of nitrogens with zero attached hydrogens (tertiary/aromatic N) is 5. The topological polar surface area (TPSA) is 37.2 Å². The molecule has 1 fully saturated rings. The molecule has 3 heterocycles. The summed E-state index contributed by atoms with van der Waals surface area (Å²) in [7, 11) is 0. The van der Waals surface area contributed by atoms with E-state index in [0.29, 0.717) is 0 Å². The molecular formula is C21H24ClN5S. The Balaban J connectivity index is 0.00000192. The second-order valence-corrected chi connectivity index (χ2v) is 7.92. The largest absolute Gasteiger partial charge is 0.353 e. The molecule has 5 rings (SSSR count). The standard InChI is InChI=1S/C21H23N5S.ClH/c1-4-9-20-17(6-1)21(23-27-20)25-14-12-24(13-15-25)10-5-11-26-16-22-18-7-2-3-8-19(18)26;/h1-4,6-9,16H,5,10-15H2;1H. The third kappa shape index (κ3) is 3.72. The molecule has 5 nitrogen and oxygen atoms in total. The highest BCUT2D eigenvalue weighted by molar-refractivity contribution is 7.13. The van der Waals surface area contributed by atoms with Crippen molar-refractivity contribution in [3.05, 3.63) is 54.9 Å². The summed E-state index contributed by atoms with van der Waals surface area (Å²) in [4.78, 5) is 9.50. The molecule has 146 valence electrons. The Hall–Kier alpha value is -2.15. The number of benzene rings is 2. The van der Waals surface area contributed by atoms with Crippen LogP contribution >= 0.6 is 23.9 Å². The molecule has 1 saturated heterocycles. The van der Waals surface area contributed by atoms with E-state index in [4.69, 9.17) is 4.37 Å². The lowest BCUT2D eigenvalue weighted by molar-refractivity contribution is 0.250. The molecule has 0 radical (unpaired) electrons. The predicted octanol–water partition coefficient (Wildman–Crippen LogP) is 4.28. The second kappa shape index (κ2) is 8.47. The Morgan fingerprint density at radius 3 is 2.57 bits per heavy atom. The number of para-hydroxylation sites is 2. The first-order valence-corrected chi connectivity index (χ1v) is 10.4. The molecular weight excluding hydrogens is 390 g/mol. The van der Waals surface area contributed by atoms with Crippen LogP contribution in [0.4, 0.5) is 5.82 Å². The third-order valence-corrected chi connectivity index (χ3v) is 6.25. The molecule has 0 spiro atoms. The molecule has 2 aromatic carbocycles. The van der Waals surface area contributed by atoms with Crippen molar-refractivity contribution in [2.75, 3.05) is 37.6 Å². The summed E-state index contributed by atoms with van der Waals surface area (Å²) in [6.07, 6.45) is 3.12. The van der Waals surface area contributed by atoms with Crippen LogP contribution in [0.2, 0.25) is 0 Å². The maximum Gasteiger partial charge on any atom is 0.150 e. The van der Waals surface area contributed by atoms with E-state index in [9.17, 15) is 0 Å². The van der Waals surface area contributed by atoms with Crippen molar-refractivity contribution in [3.8, 4) is 0 Å². The summed E-state index contributed by atoms with van der Waals surface area (Å²) in [6.45, 7) is 6.49. The third-order valence-electron chi connectivity index (χ3n) is 5.43. The van der Waals surface area contributed by atoms with Crippen LogP contribution in [0.15, 0.2) is 54.9 Å². The molecule has 4 aromatic rings. The van der Waals surface area contributed by atoms with Crippen LogP contribution in [0, 0.1) is 0 Å². The number of hydrogen-bond donors (Lipinski definition) is 0. The van der Waals surface area contributed by atoms with Crippen LogP contribution < -0.4 is 4.90 Å². The van der Waals surface area contributed by atoms with E-state index in [-0.39, 0.29) is 12.4 Å². The van der Waals surface area contributed by atoms with Crippen molar-refractivity contribution in [1.82, 2.24) is 18.8 Å². The zero-order valence-electron chi connectivity index (χ0n) is 15.7. The lowest BCUT2D eigenvalue weighted by atomic mass is 10.2. The van der Waals surface area contributed by atoms with E-state index in [1.165, 1.54) is 21.4 Å². The predicted molar refractivity (Wildman–Crippen MR) is 120 cm³/mol. The van der Waals surface area contributed by atoms with Gasteiger partial charge in [-0.2, -0.15) is 4.37 Å². The molecule has 0 atom stereocenters. The Bertz CT molecular complexity index is 1050. The number of hydrogen-bond acceptors (Lipinski definition) is 5. The molecule has 0 N–H and O–H groups in total. The summed E-state index contributed by atoms with van der Waals surface area (Å²) >= 11 is 1.61. The van der Waals surface area contributed by atoms with E-state index >= 15 is 0 Å². The molecule has 28 heavy (non-hydrogen) atoms. The van der Waals surface area contributed by atoms with Gasteiger partial charge in [0.15, 0.2) is 0 Å². The minimum atomic E-state index is 0. The van der Waals surface area contributed by atoms with Gasteiger partial charge in [0.2, 0.25) is 0 Å².